The minimum Gasteiger partial charge on any atom is -0.459 e. The molecule has 0 radical (unpaired) electrons. The van der Waals surface area contributed by atoms with Crippen LogP contribution in [0.5, 0.6) is 0 Å². The van der Waals surface area contributed by atoms with E-state index in [1.54, 1.807) is 0 Å². The summed E-state index contributed by atoms with van der Waals surface area (Å²) in [4.78, 5) is 11.8. The molecule has 92 valence electrons. The molecule has 0 aliphatic heterocycles. The first-order valence-corrected chi connectivity index (χ1v) is 6.27. The van der Waals surface area contributed by atoms with E-state index in [1.807, 2.05) is 0 Å². The summed E-state index contributed by atoms with van der Waals surface area (Å²) in [6.45, 7) is 10.1. The first-order valence-electron chi connectivity index (χ1n) is 6.27. The Kier molecular flexibility index (Phi) is 4.57. The van der Waals surface area contributed by atoms with Gasteiger partial charge in [0, 0.05) is 5.57 Å². The highest BCUT2D eigenvalue weighted by Crippen LogP contribution is 2.26. The van der Waals surface area contributed by atoms with Gasteiger partial charge in [-0.3, -0.25) is 0 Å². The normalized spacial score (nSPS) is 18.2. The first-order chi connectivity index (χ1) is 7.38. The summed E-state index contributed by atoms with van der Waals surface area (Å²) in [7, 11) is 0. The summed E-state index contributed by atoms with van der Waals surface area (Å²) in [5, 5.41) is 0. The van der Waals surface area contributed by atoms with Crippen LogP contribution in [0.2, 0.25) is 0 Å². The SMILES string of the molecule is C=C(CC(C)(C)C)C(=O)OC1CCCCC1. The van der Waals surface area contributed by atoms with E-state index in [9.17, 15) is 4.79 Å². The maximum absolute atomic E-state index is 11.8. The van der Waals surface area contributed by atoms with Gasteiger partial charge in [-0.2, -0.15) is 0 Å². The Hall–Kier alpha value is -0.790. The Morgan fingerprint density at radius 3 is 2.31 bits per heavy atom. The van der Waals surface area contributed by atoms with Crippen LogP contribution in [0.15, 0.2) is 12.2 Å². The zero-order valence-electron chi connectivity index (χ0n) is 10.8. The Bertz CT molecular complexity index is 254. The predicted octanol–water partition coefficient (Wildman–Crippen LogP) is 3.85. The zero-order chi connectivity index (χ0) is 12.2. The summed E-state index contributed by atoms with van der Waals surface area (Å²) < 4.78 is 5.46. The first kappa shape index (κ1) is 13.3. The van der Waals surface area contributed by atoms with E-state index in [1.165, 1.54) is 19.3 Å². The molecular weight excluding hydrogens is 200 g/mol. The molecule has 0 amide bonds. The van der Waals surface area contributed by atoms with Crippen LogP contribution in [0, 0.1) is 5.41 Å². The van der Waals surface area contributed by atoms with E-state index in [0.29, 0.717) is 12.0 Å². The predicted molar refractivity (Wildman–Crippen MR) is 66.2 cm³/mol. The lowest BCUT2D eigenvalue weighted by Gasteiger charge is -2.24. The van der Waals surface area contributed by atoms with E-state index in [-0.39, 0.29) is 17.5 Å². The van der Waals surface area contributed by atoms with Gasteiger partial charge in [0.15, 0.2) is 0 Å². The molecule has 0 bridgehead atoms. The molecule has 1 rings (SSSR count). The number of ether oxygens (including phenoxy) is 1. The summed E-state index contributed by atoms with van der Waals surface area (Å²) in [6.07, 6.45) is 6.53. The Morgan fingerprint density at radius 1 is 1.25 bits per heavy atom. The highest BCUT2D eigenvalue weighted by Gasteiger charge is 2.22. The van der Waals surface area contributed by atoms with Crippen molar-refractivity contribution in [3.8, 4) is 0 Å². The number of carbonyl (C=O) groups excluding carboxylic acids is 1. The van der Waals surface area contributed by atoms with Crippen molar-refractivity contribution >= 4 is 5.97 Å². The van der Waals surface area contributed by atoms with E-state index >= 15 is 0 Å². The molecular formula is C14H24O2. The molecule has 0 saturated heterocycles. The van der Waals surface area contributed by atoms with Gasteiger partial charge in [0.1, 0.15) is 6.10 Å². The minimum absolute atomic E-state index is 0.0999. The molecule has 0 atom stereocenters. The second-order valence-corrected chi connectivity index (χ2v) is 6.01. The minimum atomic E-state index is -0.193. The van der Waals surface area contributed by atoms with Crippen LogP contribution in [-0.4, -0.2) is 12.1 Å². The van der Waals surface area contributed by atoms with Crippen LogP contribution < -0.4 is 0 Å². The van der Waals surface area contributed by atoms with E-state index in [4.69, 9.17) is 4.74 Å². The highest BCUT2D eigenvalue weighted by atomic mass is 16.5. The molecule has 0 N–H and O–H groups in total. The van der Waals surface area contributed by atoms with Crippen LogP contribution in [0.1, 0.15) is 59.3 Å². The summed E-state index contributed by atoms with van der Waals surface area (Å²) in [6, 6.07) is 0. The summed E-state index contributed by atoms with van der Waals surface area (Å²) in [5.74, 6) is -0.193. The molecule has 2 heteroatoms. The van der Waals surface area contributed by atoms with Crippen LogP contribution in [0.3, 0.4) is 0 Å². The largest absolute Gasteiger partial charge is 0.459 e. The molecule has 16 heavy (non-hydrogen) atoms. The van der Waals surface area contributed by atoms with Crippen LogP contribution in [-0.2, 0) is 9.53 Å². The monoisotopic (exact) mass is 224 g/mol. The van der Waals surface area contributed by atoms with Gasteiger partial charge in [0.05, 0.1) is 0 Å². The van der Waals surface area contributed by atoms with Gasteiger partial charge in [-0.25, -0.2) is 4.79 Å². The molecule has 0 aromatic rings. The zero-order valence-corrected chi connectivity index (χ0v) is 10.8. The second kappa shape index (κ2) is 5.51. The maximum Gasteiger partial charge on any atom is 0.333 e. The Balaban J connectivity index is 2.36. The standard InChI is InChI=1S/C14H24O2/c1-11(10-14(2,3)4)13(15)16-12-8-6-5-7-9-12/h12H,1,5-10H2,2-4H3. The van der Waals surface area contributed by atoms with Crippen molar-refractivity contribution in [2.45, 2.75) is 65.4 Å². The van der Waals surface area contributed by atoms with Gasteiger partial charge in [-0.1, -0.05) is 33.8 Å². The van der Waals surface area contributed by atoms with Gasteiger partial charge in [0.2, 0.25) is 0 Å². The third-order valence-corrected chi connectivity index (χ3v) is 2.86. The van der Waals surface area contributed by atoms with Gasteiger partial charge >= 0.3 is 5.97 Å². The van der Waals surface area contributed by atoms with Crippen molar-refractivity contribution in [3.63, 3.8) is 0 Å². The van der Waals surface area contributed by atoms with Crippen molar-refractivity contribution in [3.05, 3.63) is 12.2 Å². The van der Waals surface area contributed by atoms with Crippen molar-refractivity contribution in [1.29, 1.82) is 0 Å². The Morgan fingerprint density at radius 2 is 1.81 bits per heavy atom. The van der Waals surface area contributed by atoms with Crippen LogP contribution >= 0.6 is 0 Å². The Labute approximate surface area is 99.1 Å². The molecule has 2 nitrogen and oxygen atoms in total. The number of hydrogen-bond acceptors (Lipinski definition) is 2. The lowest BCUT2D eigenvalue weighted by atomic mass is 9.88. The molecule has 0 heterocycles. The van der Waals surface area contributed by atoms with Crippen molar-refractivity contribution in [1.82, 2.24) is 0 Å². The molecule has 0 unspecified atom stereocenters. The van der Waals surface area contributed by atoms with E-state index in [2.05, 4.69) is 27.4 Å². The summed E-state index contributed by atoms with van der Waals surface area (Å²) in [5.41, 5.74) is 0.709. The lowest BCUT2D eigenvalue weighted by Crippen LogP contribution is -2.23. The molecule has 0 aromatic carbocycles. The molecule has 1 fully saturated rings. The second-order valence-electron chi connectivity index (χ2n) is 6.01. The summed E-state index contributed by atoms with van der Waals surface area (Å²) >= 11 is 0. The average molecular weight is 224 g/mol. The van der Waals surface area contributed by atoms with Crippen molar-refractivity contribution in [2.24, 2.45) is 5.41 Å². The highest BCUT2D eigenvalue weighted by molar-refractivity contribution is 5.87. The van der Waals surface area contributed by atoms with E-state index < -0.39 is 0 Å². The smallest absolute Gasteiger partial charge is 0.333 e. The van der Waals surface area contributed by atoms with E-state index in [0.717, 1.165) is 12.8 Å². The fourth-order valence-corrected chi connectivity index (χ4v) is 2.13. The number of carbonyl (C=O) groups is 1. The van der Waals surface area contributed by atoms with Gasteiger partial charge in [0.25, 0.3) is 0 Å². The van der Waals surface area contributed by atoms with Gasteiger partial charge in [-0.15, -0.1) is 0 Å². The third-order valence-electron chi connectivity index (χ3n) is 2.86. The third kappa shape index (κ3) is 4.82. The number of rotatable bonds is 3. The van der Waals surface area contributed by atoms with Crippen molar-refractivity contribution in [2.75, 3.05) is 0 Å². The fraction of sp³-hybridized carbons (Fsp3) is 0.786. The number of hydrogen-bond donors (Lipinski definition) is 0. The molecule has 1 aliphatic carbocycles. The average Bonchev–Trinajstić information content (AvgIpc) is 2.16. The molecule has 1 aliphatic rings. The van der Waals surface area contributed by atoms with Gasteiger partial charge in [-0.05, 0) is 37.5 Å². The lowest BCUT2D eigenvalue weighted by molar-refractivity contribution is -0.146. The topological polar surface area (TPSA) is 26.3 Å². The fourth-order valence-electron chi connectivity index (χ4n) is 2.13. The maximum atomic E-state index is 11.8. The molecule has 0 spiro atoms. The van der Waals surface area contributed by atoms with Gasteiger partial charge < -0.3 is 4.74 Å². The molecule has 1 saturated carbocycles. The van der Waals surface area contributed by atoms with Crippen LogP contribution in [0.25, 0.3) is 0 Å². The molecule has 0 aromatic heterocycles. The number of esters is 1. The van der Waals surface area contributed by atoms with Crippen molar-refractivity contribution < 1.29 is 9.53 Å². The van der Waals surface area contributed by atoms with Crippen LogP contribution in [0.4, 0.5) is 0 Å². The quantitative estimate of drug-likeness (QED) is 0.537.